The highest BCUT2D eigenvalue weighted by atomic mass is 35.5. The third kappa shape index (κ3) is 3.64. The highest BCUT2D eigenvalue weighted by molar-refractivity contribution is 7.93. The average Bonchev–Trinajstić information content (AvgIpc) is 2.94. The first-order chi connectivity index (χ1) is 12.3. The lowest BCUT2D eigenvalue weighted by atomic mass is 10.2. The number of aromatic nitrogens is 2. The van der Waals surface area contributed by atoms with Crippen LogP contribution < -0.4 is 9.46 Å². The smallest absolute Gasteiger partial charge is 0.264 e. The van der Waals surface area contributed by atoms with Crippen molar-refractivity contribution in [2.75, 3.05) is 11.8 Å². The quantitative estimate of drug-likeness (QED) is 0.682. The Morgan fingerprint density at radius 2 is 2.08 bits per heavy atom. The molecule has 138 valence electrons. The van der Waals surface area contributed by atoms with E-state index < -0.39 is 10.0 Å². The zero-order chi connectivity index (χ0) is 18.9. The van der Waals surface area contributed by atoms with Crippen LogP contribution in [0.4, 0.5) is 5.69 Å². The summed E-state index contributed by atoms with van der Waals surface area (Å²) in [6.45, 7) is 4.82. The van der Waals surface area contributed by atoms with E-state index in [4.69, 9.17) is 16.3 Å². The summed E-state index contributed by atoms with van der Waals surface area (Å²) in [6.07, 6.45) is 3.29. The van der Waals surface area contributed by atoms with Crippen LogP contribution in [0, 0.1) is 5.92 Å². The number of hydrogen-bond acceptors (Lipinski definition) is 4. The Kier molecular flexibility index (Phi) is 5.11. The van der Waals surface area contributed by atoms with E-state index in [0.717, 1.165) is 0 Å². The number of fused-ring (bicyclic) bond motifs is 1. The molecule has 8 heteroatoms. The van der Waals surface area contributed by atoms with Gasteiger partial charge in [-0.1, -0.05) is 25.4 Å². The third-order valence-corrected chi connectivity index (χ3v) is 5.56. The number of halogens is 1. The van der Waals surface area contributed by atoms with Crippen LogP contribution in [-0.2, 0) is 16.6 Å². The number of hydrogen-bond donors (Lipinski definition) is 1. The second-order valence-electron chi connectivity index (χ2n) is 6.37. The van der Waals surface area contributed by atoms with E-state index in [9.17, 15) is 8.42 Å². The van der Waals surface area contributed by atoms with Crippen molar-refractivity contribution in [2.45, 2.75) is 25.3 Å². The van der Waals surface area contributed by atoms with Gasteiger partial charge in [-0.2, -0.15) is 0 Å². The standard InChI is InChI=1S/C18H20ClN3O3S/c1-12(2)10-22-11-17(14-5-4-8-20-18(14)22)26(23,24)21-13-6-7-16(25-3)15(19)9-13/h4-9,11-12,21H,10H2,1-3H3. The summed E-state index contributed by atoms with van der Waals surface area (Å²) in [6, 6.07) is 8.22. The van der Waals surface area contributed by atoms with Gasteiger partial charge in [0.15, 0.2) is 0 Å². The highest BCUT2D eigenvalue weighted by Crippen LogP contribution is 2.30. The molecule has 3 aromatic rings. The first-order valence-corrected chi connectivity index (χ1v) is 9.98. The van der Waals surface area contributed by atoms with Gasteiger partial charge in [-0.15, -0.1) is 0 Å². The summed E-state index contributed by atoms with van der Waals surface area (Å²) < 4.78 is 35.4. The molecule has 1 N–H and O–H groups in total. The number of pyridine rings is 1. The maximum absolute atomic E-state index is 13.0. The second kappa shape index (κ2) is 7.17. The predicted molar refractivity (Wildman–Crippen MR) is 103 cm³/mol. The molecule has 2 heterocycles. The number of sulfonamides is 1. The van der Waals surface area contributed by atoms with Gasteiger partial charge in [0.2, 0.25) is 0 Å². The number of anilines is 1. The molecular weight excluding hydrogens is 374 g/mol. The van der Waals surface area contributed by atoms with Gasteiger partial charge in [-0.05, 0) is 36.2 Å². The summed E-state index contributed by atoms with van der Waals surface area (Å²) >= 11 is 6.09. The van der Waals surface area contributed by atoms with Gasteiger partial charge in [0.1, 0.15) is 16.3 Å². The van der Waals surface area contributed by atoms with Crippen LogP contribution in [0.2, 0.25) is 5.02 Å². The molecule has 0 radical (unpaired) electrons. The van der Waals surface area contributed by atoms with E-state index in [-0.39, 0.29) is 4.90 Å². The number of nitrogens with one attached hydrogen (secondary N) is 1. The van der Waals surface area contributed by atoms with Crippen LogP contribution in [0.5, 0.6) is 5.75 Å². The number of nitrogens with zero attached hydrogens (tertiary/aromatic N) is 2. The van der Waals surface area contributed by atoms with Gasteiger partial charge in [0.25, 0.3) is 10.0 Å². The maximum Gasteiger partial charge on any atom is 0.264 e. The van der Waals surface area contributed by atoms with E-state index >= 15 is 0 Å². The van der Waals surface area contributed by atoms with Crippen LogP contribution in [0.15, 0.2) is 47.6 Å². The fraction of sp³-hybridized carbons (Fsp3) is 0.278. The molecule has 0 saturated heterocycles. The van der Waals surface area contributed by atoms with Crippen LogP contribution in [0.1, 0.15) is 13.8 Å². The summed E-state index contributed by atoms with van der Waals surface area (Å²) in [5.74, 6) is 0.837. The lowest BCUT2D eigenvalue weighted by Gasteiger charge is -2.09. The third-order valence-electron chi connectivity index (χ3n) is 3.85. The number of benzene rings is 1. The lowest BCUT2D eigenvalue weighted by Crippen LogP contribution is -2.13. The van der Waals surface area contributed by atoms with Crippen LogP contribution >= 0.6 is 11.6 Å². The molecule has 0 bridgehead atoms. The Labute approximate surface area is 157 Å². The summed E-state index contributed by atoms with van der Waals surface area (Å²) in [4.78, 5) is 4.53. The molecule has 0 atom stereocenters. The van der Waals surface area contributed by atoms with Gasteiger partial charge in [0, 0.05) is 24.3 Å². The Morgan fingerprint density at radius 1 is 1.31 bits per heavy atom. The van der Waals surface area contributed by atoms with Crippen molar-refractivity contribution in [2.24, 2.45) is 5.92 Å². The SMILES string of the molecule is COc1ccc(NS(=O)(=O)c2cn(CC(C)C)c3ncccc23)cc1Cl. The summed E-state index contributed by atoms with van der Waals surface area (Å²) in [7, 11) is -2.30. The molecule has 3 rings (SSSR count). The molecule has 0 spiro atoms. The lowest BCUT2D eigenvalue weighted by molar-refractivity contribution is 0.415. The van der Waals surface area contributed by atoms with E-state index in [1.165, 1.54) is 13.2 Å². The van der Waals surface area contributed by atoms with Crippen LogP contribution in [0.25, 0.3) is 11.0 Å². The van der Waals surface area contributed by atoms with E-state index in [1.54, 1.807) is 36.7 Å². The molecule has 26 heavy (non-hydrogen) atoms. The number of ether oxygens (including phenoxy) is 1. The van der Waals surface area contributed by atoms with E-state index in [0.29, 0.717) is 40.0 Å². The molecule has 0 saturated carbocycles. The van der Waals surface area contributed by atoms with Crippen LogP contribution in [0.3, 0.4) is 0 Å². The van der Waals surface area contributed by atoms with Crippen molar-refractivity contribution < 1.29 is 13.2 Å². The average molecular weight is 394 g/mol. The molecule has 0 aliphatic rings. The Morgan fingerprint density at radius 3 is 2.73 bits per heavy atom. The highest BCUT2D eigenvalue weighted by Gasteiger charge is 2.22. The normalized spacial score (nSPS) is 11.9. The minimum Gasteiger partial charge on any atom is -0.495 e. The maximum atomic E-state index is 13.0. The first-order valence-electron chi connectivity index (χ1n) is 8.12. The second-order valence-corrected chi connectivity index (χ2v) is 8.43. The predicted octanol–water partition coefficient (Wildman–Crippen LogP) is 4.16. The van der Waals surface area contributed by atoms with Gasteiger partial charge < -0.3 is 9.30 Å². The minimum atomic E-state index is -3.80. The molecule has 1 aromatic carbocycles. The fourth-order valence-electron chi connectivity index (χ4n) is 2.78. The topological polar surface area (TPSA) is 73.2 Å². The molecule has 0 unspecified atom stereocenters. The van der Waals surface area contributed by atoms with Crippen molar-refractivity contribution in [3.8, 4) is 5.75 Å². The fourth-order valence-corrected chi connectivity index (χ4v) is 4.30. The molecule has 0 aliphatic heterocycles. The monoisotopic (exact) mass is 393 g/mol. The zero-order valence-corrected chi connectivity index (χ0v) is 16.3. The Balaban J connectivity index is 2.03. The van der Waals surface area contributed by atoms with Gasteiger partial charge in [-0.3, -0.25) is 4.72 Å². The molecule has 6 nitrogen and oxygen atoms in total. The molecule has 0 aliphatic carbocycles. The Hall–Kier alpha value is -2.25. The molecular formula is C18H20ClN3O3S. The van der Waals surface area contributed by atoms with Crippen molar-refractivity contribution in [3.05, 3.63) is 47.7 Å². The summed E-state index contributed by atoms with van der Waals surface area (Å²) in [5.41, 5.74) is 1.01. The van der Waals surface area contributed by atoms with Crippen molar-refractivity contribution in [3.63, 3.8) is 0 Å². The van der Waals surface area contributed by atoms with Gasteiger partial charge >= 0.3 is 0 Å². The van der Waals surface area contributed by atoms with Gasteiger partial charge in [-0.25, -0.2) is 13.4 Å². The van der Waals surface area contributed by atoms with Crippen molar-refractivity contribution in [1.29, 1.82) is 0 Å². The zero-order valence-electron chi connectivity index (χ0n) is 14.7. The molecule has 0 amide bonds. The van der Waals surface area contributed by atoms with E-state index in [2.05, 4.69) is 23.6 Å². The summed E-state index contributed by atoms with van der Waals surface area (Å²) in [5, 5.41) is 0.914. The number of methoxy groups -OCH3 is 1. The molecule has 0 fully saturated rings. The Bertz CT molecular complexity index is 1050. The van der Waals surface area contributed by atoms with Crippen molar-refractivity contribution in [1.82, 2.24) is 9.55 Å². The van der Waals surface area contributed by atoms with E-state index in [1.807, 2.05) is 4.57 Å². The minimum absolute atomic E-state index is 0.188. The first kappa shape index (κ1) is 18.5. The van der Waals surface area contributed by atoms with Crippen molar-refractivity contribution >= 4 is 38.3 Å². The van der Waals surface area contributed by atoms with Gasteiger partial charge in [0.05, 0.1) is 17.8 Å². The molecule has 2 aromatic heterocycles. The van der Waals surface area contributed by atoms with Crippen LogP contribution in [-0.4, -0.2) is 25.1 Å². The number of rotatable bonds is 6. The largest absolute Gasteiger partial charge is 0.495 e.